The minimum absolute atomic E-state index is 0.0903. The predicted octanol–water partition coefficient (Wildman–Crippen LogP) is 3.24. The van der Waals surface area contributed by atoms with Crippen LogP contribution in [0.15, 0.2) is 18.2 Å². The molecule has 1 aliphatic carbocycles. The lowest BCUT2D eigenvalue weighted by Gasteiger charge is -2.15. The topological polar surface area (TPSA) is 46.5 Å². The summed E-state index contributed by atoms with van der Waals surface area (Å²) in [6.07, 6.45) is 0.945. The van der Waals surface area contributed by atoms with Gasteiger partial charge in [-0.3, -0.25) is 0 Å². The van der Waals surface area contributed by atoms with Crippen molar-refractivity contribution in [3.8, 4) is 5.75 Å². The van der Waals surface area contributed by atoms with Crippen LogP contribution in [0, 0.1) is 5.92 Å². The zero-order valence-corrected chi connectivity index (χ0v) is 9.83. The number of benzene rings is 1. The van der Waals surface area contributed by atoms with Crippen LogP contribution >= 0.6 is 23.2 Å². The molecule has 1 aromatic rings. The standard InChI is InChI=1S/C11H10Cl2O3/c12-7-2-1-3-8(9(7)13)16-10(11(14)15)6-4-5-6/h1-3,6,10H,4-5H2,(H,14,15). The quantitative estimate of drug-likeness (QED) is 0.904. The zero-order chi connectivity index (χ0) is 11.7. The van der Waals surface area contributed by atoms with Crippen molar-refractivity contribution in [2.75, 3.05) is 0 Å². The summed E-state index contributed by atoms with van der Waals surface area (Å²) < 4.78 is 5.40. The van der Waals surface area contributed by atoms with Gasteiger partial charge in [0.1, 0.15) is 10.8 Å². The van der Waals surface area contributed by atoms with E-state index in [1.165, 1.54) is 0 Å². The van der Waals surface area contributed by atoms with E-state index in [0.29, 0.717) is 10.8 Å². The molecule has 1 atom stereocenters. The van der Waals surface area contributed by atoms with Crippen molar-refractivity contribution in [3.63, 3.8) is 0 Å². The SMILES string of the molecule is O=C(O)C(Oc1cccc(Cl)c1Cl)C1CC1. The third kappa shape index (κ3) is 2.42. The van der Waals surface area contributed by atoms with E-state index in [1.807, 2.05) is 0 Å². The molecule has 86 valence electrons. The van der Waals surface area contributed by atoms with Crippen molar-refractivity contribution in [3.05, 3.63) is 28.2 Å². The maximum absolute atomic E-state index is 11.0. The predicted molar refractivity (Wildman–Crippen MR) is 61.2 cm³/mol. The molecular formula is C11H10Cl2O3. The van der Waals surface area contributed by atoms with Crippen molar-refractivity contribution in [1.82, 2.24) is 0 Å². The first-order valence-electron chi connectivity index (χ1n) is 4.93. The van der Waals surface area contributed by atoms with Gasteiger partial charge in [0.15, 0.2) is 6.10 Å². The van der Waals surface area contributed by atoms with Crippen LogP contribution in [0.3, 0.4) is 0 Å². The van der Waals surface area contributed by atoms with Crippen LogP contribution in [0.2, 0.25) is 10.0 Å². The lowest BCUT2D eigenvalue weighted by molar-refractivity contribution is -0.146. The second kappa shape index (κ2) is 4.52. The third-order valence-electron chi connectivity index (χ3n) is 2.46. The smallest absolute Gasteiger partial charge is 0.345 e. The van der Waals surface area contributed by atoms with Gasteiger partial charge in [-0.25, -0.2) is 4.79 Å². The Labute approximate surface area is 103 Å². The molecule has 1 aromatic carbocycles. The molecular weight excluding hydrogens is 251 g/mol. The molecule has 1 aliphatic rings. The Kier molecular flexibility index (Phi) is 3.26. The number of aliphatic carboxylic acids is 1. The first kappa shape index (κ1) is 11.6. The van der Waals surface area contributed by atoms with Crippen LogP contribution in [0.1, 0.15) is 12.8 Å². The molecule has 0 bridgehead atoms. The van der Waals surface area contributed by atoms with Crippen LogP contribution in [-0.2, 0) is 4.79 Å². The van der Waals surface area contributed by atoms with Crippen molar-refractivity contribution < 1.29 is 14.6 Å². The van der Waals surface area contributed by atoms with Crippen LogP contribution in [0.5, 0.6) is 5.75 Å². The highest BCUT2D eigenvalue weighted by Gasteiger charge is 2.38. The number of halogens is 2. The van der Waals surface area contributed by atoms with Crippen LogP contribution in [-0.4, -0.2) is 17.2 Å². The van der Waals surface area contributed by atoms with Crippen molar-refractivity contribution in [2.45, 2.75) is 18.9 Å². The van der Waals surface area contributed by atoms with Crippen LogP contribution in [0.4, 0.5) is 0 Å². The molecule has 0 aromatic heterocycles. The Bertz CT molecular complexity index is 416. The molecule has 0 aliphatic heterocycles. The summed E-state index contributed by atoms with van der Waals surface area (Å²) in [5, 5.41) is 9.62. The first-order valence-corrected chi connectivity index (χ1v) is 5.68. The number of carboxylic acids is 1. The largest absolute Gasteiger partial charge is 0.478 e. The minimum Gasteiger partial charge on any atom is -0.478 e. The molecule has 0 amide bonds. The molecule has 1 saturated carbocycles. The van der Waals surface area contributed by atoms with Crippen molar-refractivity contribution in [1.29, 1.82) is 0 Å². The van der Waals surface area contributed by atoms with E-state index in [9.17, 15) is 4.79 Å². The molecule has 3 nitrogen and oxygen atoms in total. The molecule has 1 N–H and O–H groups in total. The van der Waals surface area contributed by atoms with Gasteiger partial charge in [-0.2, -0.15) is 0 Å². The monoisotopic (exact) mass is 260 g/mol. The molecule has 0 heterocycles. The Morgan fingerprint density at radius 1 is 1.44 bits per heavy atom. The van der Waals surface area contributed by atoms with E-state index in [-0.39, 0.29) is 10.9 Å². The maximum Gasteiger partial charge on any atom is 0.345 e. The van der Waals surface area contributed by atoms with Gasteiger partial charge in [0.2, 0.25) is 0 Å². The molecule has 0 spiro atoms. The van der Waals surface area contributed by atoms with Crippen LogP contribution in [0.25, 0.3) is 0 Å². The molecule has 0 saturated heterocycles. The summed E-state index contributed by atoms with van der Waals surface area (Å²) in [6, 6.07) is 4.92. The van der Waals surface area contributed by atoms with Gasteiger partial charge >= 0.3 is 5.97 Å². The Morgan fingerprint density at radius 2 is 2.12 bits per heavy atom. The fourth-order valence-corrected chi connectivity index (χ4v) is 1.80. The number of carbonyl (C=O) groups is 1. The number of hydrogen-bond donors (Lipinski definition) is 1. The number of rotatable bonds is 4. The summed E-state index contributed by atoms with van der Waals surface area (Å²) in [4.78, 5) is 11.0. The Balaban J connectivity index is 2.18. The molecule has 1 fully saturated rings. The van der Waals surface area contributed by atoms with Gasteiger partial charge in [-0.1, -0.05) is 29.3 Å². The summed E-state index contributed by atoms with van der Waals surface area (Å²) in [5.41, 5.74) is 0. The molecule has 5 heteroatoms. The van der Waals surface area contributed by atoms with E-state index in [0.717, 1.165) is 12.8 Å². The zero-order valence-electron chi connectivity index (χ0n) is 8.32. The highest BCUT2D eigenvalue weighted by atomic mass is 35.5. The van der Waals surface area contributed by atoms with Gasteiger partial charge in [0, 0.05) is 5.92 Å². The van der Waals surface area contributed by atoms with Crippen molar-refractivity contribution in [2.24, 2.45) is 5.92 Å². The van der Waals surface area contributed by atoms with E-state index in [4.69, 9.17) is 33.0 Å². The Hall–Kier alpha value is -0.930. The van der Waals surface area contributed by atoms with Gasteiger partial charge in [0.05, 0.1) is 5.02 Å². The second-order valence-electron chi connectivity index (χ2n) is 3.77. The van der Waals surface area contributed by atoms with Gasteiger partial charge in [0.25, 0.3) is 0 Å². The average Bonchev–Trinajstić information content (AvgIpc) is 3.03. The van der Waals surface area contributed by atoms with E-state index >= 15 is 0 Å². The number of carboxylic acid groups (broad SMARTS) is 1. The van der Waals surface area contributed by atoms with E-state index < -0.39 is 12.1 Å². The second-order valence-corrected chi connectivity index (χ2v) is 4.55. The van der Waals surface area contributed by atoms with Gasteiger partial charge in [-0.15, -0.1) is 0 Å². The summed E-state index contributed by atoms with van der Waals surface area (Å²) in [7, 11) is 0. The lowest BCUT2D eigenvalue weighted by atomic mass is 10.2. The van der Waals surface area contributed by atoms with E-state index in [1.54, 1.807) is 18.2 Å². The van der Waals surface area contributed by atoms with Crippen molar-refractivity contribution >= 4 is 29.2 Å². The molecule has 0 radical (unpaired) electrons. The molecule has 16 heavy (non-hydrogen) atoms. The number of ether oxygens (including phenoxy) is 1. The van der Waals surface area contributed by atoms with Gasteiger partial charge in [-0.05, 0) is 25.0 Å². The van der Waals surface area contributed by atoms with E-state index in [2.05, 4.69) is 0 Å². The maximum atomic E-state index is 11.0. The highest BCUT2D eigenvalue weighted by Crippen LogP contribution is 2.38. The summed E-state index contributed by atoms with van der Waals surface area (Å²) >= 11 is 11.7. The minimum atomic E-state index is -0.960. The number of hydrogen-bond acceptors (Lipinski definition) is 2. The molecule has 1 unspecified atom stereocenters. The lowest BCUT2D eigenvalue weighted by Crippen LogP contribution is -2.29. The third-order valence-corrected chi connectivity index (χ3v) is 3.27. The highest BCUT2D eigenvalue weighted by molar-refractivity contribution is 6.42. The molecule has 2 rings (SSSR count). The van der Waals surface area contributed by atoms with Crippen LogP contribution < -0.4 is 4.74 Å². The Morgan fingerprint density at radius 3 is 2.69 bits per heavy atom. The fourth-order valence-electron chi connectivity index (χ4n) is 1.46. The normalized spacial score (nSPS) is 16.9. The fraction of sp³-hybridized carbons (Fsp3) is 0.364. The van der Waals surface area contributed by atoms with Gasteiger partial charge < -0.3 is 9.84 Å². The summed E-state index contributed by atoms with van der Waals surface area (Å²) in [6.45, 7) is 0. The first-order chi connectivity index (χ1) is 7.59. The average molecular weight is 261 g/mol. The summed E-state index contributed by atoms with van der Waals surface area (Å²) in [5.74, 6) is -0.542.